The van der Waals surface area contributed by atoms with Gasteiger partial charge in [0.15, 0.2) is 0 Å². The minimum atomic E-state index is 0.00731. The van der Waals surface area contributed by atoms with Gasteiger partial charge in [-0.05, 0) is 84.7 Å². The molecule has 0 amide bonds. The summed E-state index contributed by atoms with van der Waals surface area (Å²) in [6.45, 7) is 8.25. The Hall–Kier alpha value is -2.58. The fourth-order valence-electron chi connectivity index (χ4n) is 5.31. The van der Waals surface area contributed by atoms with Crippen molar-refractivity contribution in [3.63, 3.8) is 0 Å². The van der Waals surface area contributed by atoms with Crippen LogP contribution in [-0.2, 0) is 17.8 Å². The molecule has 2 heterocycles. The van der Waals surface area contributed by atoms with Crippen LogP contribution in [0.2, 0.25) is 0 Å². The molecule has 2 unspecified atom stereocenters. The second-order valence-electron chi connectivity index (χ2n) is 9.45. The molecule has 0 bridgehead atoms. The molecule has 33 heavy (non-hydrogen) atoms. The molecule has 8 nitrogen and oxygen atoms in total. The molecule has 2 atom stereocenters. The van der Waals surface area contributed by atoms with Crippen molar-refractivity contribution in [2.24, 2.45) is 0 Å². The summed E-state index contributed by atoms with van der Waals surface area (Å²) in [7, 11) is 1.69. The van der Waals surface area contributed by atoms with E-state index in [0.717, 1.165) is 28.7 Å². The van der Waals surface area contributed by atoms with Crippen molar-refractivity contribution in [1.29, 1.82) is 0 Å². The first-order valence-corrected chi connectivity index (χ1v) is 12.3. The number of pyridine rings is 1. The number of quaternary nitrogens is 1. The van der Waals surface area contributed by atoms with Crippen molar-refractivity contribution < 1.29 is 9.64 Å². The summed E-state index contributed by atoms with van der Waals surface area (Å²) in [4.78, 5) is 17.7. The fraction of sp³-hybridized carbons (Fsp3) is 0.600. The molecule has 2 N–H and O–H groups in total. The second-order valence-corrected chi connectivity index (χ2v) is 9.45. The van der Waals surface area contributed by atoms with Crippen molar-refractivity contribution in [2.45, 2.75) is 84.5 Å². The molecule has 3 aromatic rings. The van der Waals surface area contributed by atoms with Gasteiger partial charge in [0.1, 0.15) is 12.6 Å². The number of H-pyrrole nitrogens is 1. The minimum Gasteiger partial charge on any atom is -0.383 e. The van der Waals surface area contributed by atoms with Gasteiger partial charge in [-0.25, -0.2) is 4.68 Å². The van der Waals surface area contributed by atoms with E-state index in [-0.39, 0.29) is 11.6 Å². The highest BCUT2D eigenvalue weighted by Crippen LogP contribution is 2.21. The Morgan fingerprint density at radius 3 is 2.67 bits per heavy atom. The normalized spacial score (nSPS) is 16.8. The van der Waals surface area contributed by atoms with E-state index in [9.17, 15) is 4.79 Å². The topological polar surface area (TPSA) is 90.1 Å². The number of aromatic nitrogens is 5. The second kappa shape index (κ2) is 10.6. The van der Waals surface area contributed by atoms with Gasteiger partial charge in [-0.2, -0.15) is 0 Å². The van der Waals surface area contributed by atoms with Crippen LogP contribution in [0.1, 0.15) is 74.0 Å². The molecular weight excluding hydrogens is 416 g/mol. The summed E-state index contributed by atoms with van der Waals surface area (Å²) in [6.07, 6.45) is 7.03. The third-order valence-corrected chi connectivity index (χ3v) is 7.29. The number of methoxy groups -OCH3 is 1. The first kappa shape index (κ1) is 23.6. The number of benzene rings is 1. The van der Waals surface area contributed by atoms with Crippen molar-refractivity contribution in [3.05, 3.63) is 51.1 Å². The van der Waals surface area contributed by atoms with Crippen LogP contribution in [0.5, 0.6) is 0 Å². The van der Waals surface area contributed by atoms with Crippen LogP contribution in [0.25, 0.3) is 10.9 Å². The maximum absolute atomic E-state index is 13.1. The maximum atomic E-state index is 13.1. The third kappa shape index (κ3) is 5.17. The summed E-state index contributed by atoms with van der Waals surface area (Å²) in [5, 5.41) is 13.7. The number of aromatic amines is 1. The van der Waals surface area contributed by atoms with Crippen LogP contribution >= 0.6 is 0 Å². The summed E-state index contributed by atoms with van der Waals surface area (Å²) in [6, 6.07) is 6.94. The summed E-state index contributed by atoms with van der Waals surface area (Å²) in [5.74, 6) is 0.888. The molecule has 1 aromatic carbocycles. The van der Waals surface area contributed by atoms with Crippen molar-refractivity contribution >= 4 is 10.9 Å². The number of nitrogens with one attached hydrogen (secondary N) is 2. The van der Waals surface area contributed by atoms with Crippen LogP contribution in [0.15, 0.2) is 23.0 Å². The molecule has 8 heteroatoms. The highest BCUT2D eigenvalue weighted by atomic mass is 16.5. The first-order valence-electron chi connectivity index (χ1n) is 12.3. The molecule has 0 spiro atoms. The minimum absolute atomic E-state index is 0.00731. The van der Waals surface area contributed by atoms with E-state index in [0.29, 0.717) is 25.7 Å². The number of aryl methyl sites for hydroxylation is 2. The van der Waals surface area contributed by atoms with Gasteiger partial charge in [-0.1, -0.05) is 13.3 Å². The van der Waals surface area contributed by atoms with Crippen LogP contribution in [0, 0.1) is 13.8 Å². The van der Waals surface area contributed by atoms with Crippen LogP contribution in [0.3, 0.4) is 0 Å². The lowest BCUT2D eigenvalue weighted by atomic mass is 9.92. The number of fused-ring (bicyclic) bond motifs is 1. The first-order chi connectivity index (χ1) is 16.0. The third-order valence-electron chi connectivity index (χ3n) is 7.29. The van der Waals surface area contributed by atoms with Crippen molar-refractivity contribution in [2.75, 3.05) is 13.7 Å². The predicted molar refractivity (Wildman–Crippen MR) is 128 cm³/mol. The monoisotopic (exact) mass is 453 g/mol. The zero-order valence-corrected chi connectivity index (χ0v) is 20.4. The number of nitrogens with zero attached hydrogens (tertiary/aromatic N) is 4. The SMILES string of the molecule is CCC(c1nnnn1CCOC)[NH+](Cc1cc2cc(C)c(C)cc2[nH]c1=O)C1CCCCC1. The standard InChI is InChI=1S/C25H36N6O2/c1-5-23(24-27-28-29-31(24)11-12-33-4)30(21-9-7-6-8-10-21)16-20-15-19-13-17(2)18(3)14-22(19)26-25(20)32/h13-15,21,23H,5-12,16H2,1-4H3,(H,26,32)/p+1. The lowest BCUT2D eigenvalue weighted by Crippen LogP contribution is -3.15. The predicted octanol–water partition coefficient (Wildman–Crippen LogP) is 2.65. The van der Waals surface area contributed by atoms with E-state index in [1.165, 1.54) is 48.1 Å². The smallest absolute Gasteiger partial charge is 0.257 e. The summed E-state index contributed by atoms with van der Waals surface area (Å²) < 4.78 is 7.13. The van der Waals surface area contributed by atoms with Crippen LogP contribution in [0.4, 0.5) is 0 Å². The molecule has 4 rings (SSSR count). The van der Waals surface area contributed by atoms with Gasteiger partial charge in [-0.3, -0.25) is 4.79 Å². The zero-order valence-electron chi connectivity index (χ0n) is 20.4. The van der Waals surface area contributed by atoms with Gasteiger partial charge >= 0.3 is 0 Å². The average Bonchev–Trinajstić information content (AvgIpc) is 3.28. The summed E-state index contributed by atoms with van der Waals surface area (Å²) in [5.41, 5.74) is 4.17. The molecule has 2 aromatic heterocycles. The Morgan fingerprint density at radius 2 is 1.94 bits per heavy atom. The number of hydrogen-bond acceptors (Lipinski definition) is 5. The van der Waals surface area contributed by atoms with E-state index in [1.807, 2.05) is 4.68 Å². The average molecular weight is 454 g/mol. The van der Waals surface area contributed by atoms with E-state index in [1.54, 1.807) is 7.11 Å². The lowest BCUT2D eigenvalue weighted by molar-refractivity contribution is -0.971. The number of hydrogen-bond donors (Lipinski definition) is 2. The molecule has 1 fully saturated rings. The van der Waals surface area contributed by atoms with E-state index in [4.69, 9.17) is 4.74 Å². The molecule has 0 saturated heterocycles. The Bertz CT molecular complexity index is 1130. The highest BCUT2D eigenvalue weighted by molar-refractivity contribution is 5.80. The molecule has 0 aliphatic heterocycles. The molecule has 1 saturated carbocycles. The highest BCUT2D eigenvalue weighted by Gasteiger charge is 2.35. The Balaban J connectivity index is 1.72. The van der Waals surface area contributed by atoms with Gasteiger partial charge in [0.2, 0.25) is 5.82 Å². The van der Waals surface area contributed by atoms with Gasteiger partial charge in [0.05, 0.1) is 24.8 Å². The lowest BCUT2D eigenvalue weighted by Gasteiger charge is -2.36. The van der Waals surface area contributed by atoms with Gasteiger partial charge in [0.25, 0.3) is 5.56 Å². The quantitative estimate of drug-likeness (QED) is 0.520. The molecule has 1 aliphatic rings. The fourth-order valence-corrected chi connectivity index (χ4v) is 5.31. The molecule has 0 radical (unpaired) electrons. The van der Waals surface area contributed by atoms with E-state index < -0.39 is 0 Å². The number of ether oxygens (including phenoxy) is 1. The summed E-state index contributed by atoms with van der Waals surface area (Å²) >= 11 is 0. The van der Waals surface area contributed by atoms with Crippen LogP contribution in [-0.4, -0.2) is 44.9 Å². The van der Waals surface area contributed by atoms with E-state index in [2.05, 4.69) is 59.5 Å². The van der Waals surface area contributed by atoms with Gasteiger partial charge in [0, 0.05) is 19.0 Å². The molecular formula is C25H37N6O2+. The number of rotatable bonds is 9. The van der Waals surface area contributed by atoms with E-state index >= 15 is 0 Å². The van der Waals surface area contributed by atoms with Gasteiger partial charge < -0.3 is 14.6 Å². The maximum Gasteiger partial charge on any atom is 0.257 e. The van der Waals surface area contributed by atoms with Crippen molar-refractivity contribution in [3.8, 4) is 0 Å². The Labute approximate surface area is 195 Å². The Morgan fingerprint density at radius 1 is 1.18 bits per heavy atom. The zero-order chi connectivity index (χ0) is 23.4. The molecule has 1 aliphatic carbocycles. The Kier molecular flexibility index (Phi) is 7.55. The van der Waals surface area contributed by atoms with Gasteiger partial charge in [-0.15, -0.1) is 5.10 Å². The van der Waals surface area contributed by atoms with Crippen molar-refractivity contribution in [1.82, 2.24) is 25.2 Å². The number of tetrazole rings is 1. The van der Waals surface area contributed by atoms with Crippen LogP contribution < -0.4 is 10.5 Å². The molecule has 178 valence electrons. The largest absolute Gasteiger partial charge is 0.383 e.